The number of unbranched alkanes of at least 4 members (excludes halogenated alkanes) is 2. The van der Waals surface area contributed by atoms with E-state index in [9.17, 15) is 19.2 Å². The number of amides is 2. The molecule has 2 aromatic carbocycles. The largest absolute Gasteiger partial charge is 0.497 e. The van der Waals surface area contributed by atoms with Gasteiger partial charge < -0.3 is 24.8 Å². The molecule has 34 heavy (non-hydrogen) atoms. The average Bonchev–Trinajstić information content (AvgIpc) is 2.85. The third-order valence-electron chi connectivity index (χ3n) is 4.68. The van der Waals surface area contributed by atoms with Gasteiger partial charge in [0.2, 0.25) is 5.91 Å². The fourth-order valence-electron chi connectivity index (χ4n) is 2.82. The standard InChI is InChI=1S/C25H30N2O7/c1-3-4-5-16-33-25(31)18-6-8-19(9-7-18)26-22(28)14-15-24(30)34-17-23(29)27-20-10-12-21(32-2)13-11-20/h6-13H,3-5,14-17H2,1-2H3,(H,26,28)(H,27,29). The van der Waals surface area contributed by atoms with Crippen LogP contribution in [0.2, 0.25) is 0 Å². The number of ether oxygens (including phenoxy) is 3. The molecular formula is C25H30N2O7. The Bertz CT molecular complexity index is 956. The number of anilines is 2. The molecule has 0 fully saturated rings. The van der Waals surface area contributed by atoms with E-state index in [1.807, 2.05) is 0 Å². The van der Waals surface area contributed by atoms with Crippen molar-refractivity contribution in [2.24, 2.45) is 0 Å². The van der Waals surface area contributed by atoms with Crippen LogP contribution in [-0.2, 0) is 23.9 Å². The third kappa shape index (κ3) is 9.72. The topological polar surface area (TPSA) is 120 Å². The van der Waals surface area contributed by atoms with E-state index in [-0.39, 0.29) is 12.8 Å². The zero-order chi connectivity index (χ0) is 24.8. The SMILES string of the molecule is CCCCCOC(=O)c1ccc(NC(=O)CCC(=O)OCC(=O)Nc2ccc(OC)cc2)cc1. The predicted molar refractivity (Wildman–Crippen MR) is 127 cm³/mol. The quantitative estimate of drug-likeness (QED) is 0.336. The second kappa shape index (κ2) is 14.3. The average molecular weight is 471 g/mol. The Kier molecular flexibility index (Phi) is 11.1. The highest BCUT2D eigenvalue weighted by molar-refractivity contribution is 5.95. The maximum atomic E-state index is 12.1. The van der Waals surface area contributed by atoms with Crippen molar-refractivity contribution in [3.8, 4) is 5.75 Å². The van der Waals surface area contributed by atoms with Crippen molar-refractivity contribution in [1.82, 2.24) is 0 Å². The summed E-state index contributed by atoms with van der Waals surface area (Å²) in [6.45, 7) is 1.99. The molecule has 2 aromatic rings. The molecule has 9 nitrogen and oxygen atoms in total. The lowest BCUT2D eigenvalue weighted by Crippen LogP contribution is -2.21. The minimum Gasteiger partial charge on any atom is -0.497 e. The van der Waals surface area contributed by atoms with Crippen molar-refractivity contribution in [2.45, 2.75) is 39.0 Å². The van der Waals surface area contributed by atoms with Gasteiger partial charge in [-0.3, -0.25) is 14.4 Å². The summed E-state index contributed by atoms with van der Waals surface area (Å²) in [5.74, 6) is -1.31. The van der Waals surface area contributed by atoms with Crippen molar-refractivity contribution in [1.29, 1.82) is 0 Å². The van der Waals surface area contributed by atoms with Crippen LogP contribution in [0, 0.1) is 0 Å². The highest BCUT2D eigenvalue weighted by Gasteiger charge is 2.12. The number of methoxy groups -OCH3 is 1. The number of carbonyl (C=O) groups is 4. The van der Waals surface area contributed by atoms with E-state index < -0.39 is 30.4 Å². The maximum absolute atomic E-state index is 12.1. The first-order valence-electron chi connectivity index (χ1n) is 11.1. The van der Waals surface area contributed by atoms with Gasteiger partial charge in [0.25, 0.3) is 5.91 Å². The van der Waals surface area contributed by atoms with Gasteiger partial charge in [0.1, 0.15) is 5.75 Å². The smallest absolute Gasteiger partial charge is 0.338 e. The van der Waals surface area contributed by atoms with Crippen molar-refractivity contribution in [3.63, 3.8) is 0 Å². The van der Waals surface area contributed by atoms with E-state index in [0.717, 1.165) is 19.3 Å². The van der Waals surface area contributed by atoms with Gasteiger partial charge in [-0.25, -0.2) is 4.79 Å². The van der Waals surface area contributed by atoms with Gasteiger partial charge in [0, 0.05) is 17.8 Å². The molecule has 0 unspecified atom stereocenters. The molecular weight excluding hydrogens is 440 g/mol. The van der Waals surface area contributed by atoms with Crippen molar-refractivity contribution in [3.05, 3.63) is 54.1 Å². The first-order valence-corrected chi connectivity index (χ1v) is 11.1. The van der Waals surface area contributed by atoms with Crippen LogP contribution in [-0.4, -0.2) is 44.1 Å². The zero-order valence-corrected chi connectivity index (χ0v) is 19.4. The zero-order valence-electron chi connectivity index (χ0n) is 19.4. The van der Waals surface area contributed by atoms with Crippen LogP contribution in [0.5, 0.6) is 5.75 Å². The summed E-state index contributed by atoms with van der Waals surface area (Å²) < 4.78 is 15.1. The minimum absolute atomic E-state index is 0.111. The lowest BCUT2D eigenvalue weighted by Gasteiger charge is -2.08. The van der Waals surface area contributed by atoms with Crippen molar-refractivity contribution in [2.75, 3.05) is 31.0 Å². The number of carbonyl (C=O) groups excluding carboxylic acids is 4. The molecule has 0 spiro atoms. The molecule has 0 atom stereocenters. The number of benzene rings is 2. The van der Waals surface area contributed by atoms with Crippen molar-refractivity contribution < 1.29 is 33.4 Å². The van der Waals surface area contributed by atoms with E-state index >= 15 is 0 Å². The molecule has 0 heterocycles. The summed E-state index contributed by atoms with van der Waals surface area (Å²) in [7, 11) is 1.54. The molecule has 0 aliphatic carbocycles. The Morgan fingerprint density at radius 1 is 0.765 bits per heavy atom. The lowest BCUT2D eigenvalue weighted by molar-refractivity contribution is -0.147. The first-order chi connectivity index (χ1) is 16.4. The fourth-order valence-corrected chi connectivity index (χ4v) is 2.82. The number of hydrogen-bond acceptors (Lipinski definition) is 7. The van der Waals surface area contributed by atoms with Crippen LogP contribution in [0.15, 0.2) is 48.5 Å². The van der Waals surface area contributed by atoms with Crippen LogP contribution >= 0.6 is 0 Å². The summed E-state index contributed by atoms with van der Waals surface area (Å²) in [6.07, 6.45) is 2.59. The molecule has 0 aliphatic heterocycles. The summed E-state index contributed by atoms with van der Waals surface area (Å²) in [4.78, 5) is 47.8. The molecule has 182 valence electrons. The summed E-state index contributed by atoms with van der Waals surface area (Å²) in [5.41, 5.74) is 1.42. The molecule has 9 heteroatoms. The van der Waals surface area contributed by atoms with Crippen LogP contribution in [0.1, 0.15) is 49.4 Å². The van der Waals surface area contributed by atoms with E-state index in [1.54, 1.807) is 48.5 Å². The Hall–Kier alpha value is -3.88. The maximum Gasteiger partial charge on any atom is 0.338 e. The molecule has 0 aromatic heterocycles. The molecule has 2 rings (SSSR count). The van der Waals surface area contributed by atoms with Gasteiger partial charge in [-0.05, 0) is 55.0 Å². The van der Waals surface area contributed by atoms with Gasteiger partial charge in [0.15, 0.2) is 6.61 Å². The Morgan fingerprint density at radius 2 is 1.38 bits per heavy atom. The fraction of sp³-hybridized carbons (Fsp3) is 0.360. The minimum atomic E-state index is -0.666. The summed E-state index contributed by atoms with van der Waals surface area (Å²) >= 11 is 0. The third-order valence-corrected chi connectivity index (χ3v) is 4.68. The molecule has 0 bridgehead atoms. The van der Waals surface area contributed by atoms with Gasteiger partial charge in [0.05, 0.1) is 25.7 Å². The molecule has 2 amide bonds. The van der Waals surface area contributed by atoms with Crippen LogP contribution < -0.4 is 15.4 Å². The van der Waals surface area contributed by atoms with Crippen LogP contribution in [0.4, 0.5) is 11.4 Å². The lowest BCUT2D eigenvalue weighted by atomic mass is 10.2. The van der Waals surface area contributed by atoms with Gasteiger partial charge in [-0.15, -0.1) is 0 Å². The van der Waals surface area contributed by atoms with E-state index in [2.05, 4.69) is 17.6 Å². The van der Waals surface area contributed by atoms with Crippen LogP contribution in [0.3, 0.4) is 0 Å². The second-order valence-electron chi connectivity index (χ2n) is 7.41. The molecule has 0 aliphatic rings. The number of nitrogens with one attached hydrogen (secondary N) is 2. The summed E-state index contributed by atoms with van der Waals surface area (Å²) in [6, 6.07) is 13.0. The highest BCUT2D eigenvalue weighted by Crippen LogP contribution is 2.15. The number of esters is 2. The summed E-state index contributed by atoms with van der Waals surface area (Å²) in [5, 5.41) is 5.23. The van der Waals surface area contributed by atoms with Crippen LogP contribution in [0.25, 0.3) is 0 Å². The molecule has 2 N–H and O–H groups in total. The predicted octanol–water partition coefficient (Wildman–Crippen LogP) is 3.94. The first kappa shape index (κ1) is 26.4. The molecule has 0 saturated heterocycles. The highest BCUT2D eigenvalue weighted by atomic mass is 16.5. The molecule has 0 saturated carbocycles. The molecule has 0 radical (unpaired) electrons. The van der Waals surface area contributed by atoms with E-state index in [1.165, 1.54) is 7.11 Å². The van der Waals surface area contributed by atoms with Gasteiger partial charge >= 0.3 is 11.9 Å². The van der Waals surface area contributed by atoms with Gasteiger partial charge in [-0.1, -0.05) is 19.8 Å². The Labute approximate surface area is 198 Å². The monoisotopic (exact) mass is 470 g/mol. The van der Waals surface area contributed by atoms with E-state index in [0.29, 0.717) is 29.3 Å². The number of hydrogen-bond donors (Lipinski definition) is 2. The normalized spacial score (nSPS) is 10.2. The number of rotatable bonds is 13. The van der Waals surface area contributed by atoms with E-state index in [4.69, 9.17) is 14.2 Å². The Morgan fingerprint density at radius 3 is 2.00 bits per heavy atom. The van der Waals surface area contributed by atoms with Crippen molar-refractivity contribution >= 4 is 35.1 Å². The van der Waals surface area contributed by atoms with Gasteiger partial charge in [-0.2, -0.15) is 0 Å². The Balaban J connectivity index is 1.66. The second-order valence-corrected chi connectivity index (χ2v) is 7.41.